The fourth-order valence-electron chi connectivity index (χ4n) is 4.96. The van der Waals surface area contributed by atoms with Crippen LogP contribution in [0.5, 0.6) is 11.5 Å². The largest absolute Gasteiger partial charge is 0.497 e. The van der Waals surface area contributed by atoms with Crippen LogP contribution in [-0.2, 0) is 0 Å². The number of anilines is 1. The topological polar surface area (TPSA) is 86.5 Å². The van der Waals surface area contributed by atoms with Crippen molar-refractivity contribution in [1.29, 1.82) is 0 Å². The number of nitrogens with one attached hydrogen (secondary N) is 1. The minimum absolute atomic E-state index is 0.118. The van der Waals surface area contributed by atoms with Gasteiger partial charge in [0.15, 0.2) is 0 Å². The van der Waals surface area contributed by atoms with E-state index >= 15 is 0 Å². The molecule has 5 rings (SSSR count). The van der Waals surface area contributed by atoms with Gasteiger partial charge in [-0.05, 0) is 37.1 Å². The van der Waals surface area contributed by atoms with Crippen molar-refractivity contribution in [2.45, 2.75) is 44.6 Å². The zero-order chi connectivity index (χ0) is 25.1. The van der Waals surface area contributed by atoms with Gasteiger partial charge in [-0.2, -0.15) is 0 Å². The van der Waals surface area contributed by atoms with Crippen LogP contribution in [0.1, 0.15) is 48.2 Å². The third-order valence-electron chi connectivity index (χ3n) is 6.86. The van der Waals surface area contributed by atoms with Crippen LogP contribution in [0.25, 0.3) is 32.6 Å². The summed E-state index contributed by atoms with van der Waals surface area (Å²) in [4.78, 5) is 19.6. The van der Waals surface area contributed by atoms with Crippen molar-refractivity contribution < 1.29 is 14.3 Å². The molecule has 1 saturated carbocycles. The predicted molar refractivity (Wildman–Crippen MR) is 147 cm³/mol. The second kappa shape index (κ2) is 10.6. The molecule has 0 saturated heterocycles. The van der Waals surface area contributed by atoms with Gasteiger partial charge in [0.05, 0.1) is 25.6 Å². The summed E-state index contributed by atoms with van der Waals surface area (Å²) < 4.78 is 11.2. The maximum Gasteiger partial charge on any atom is 0.263 e. The van der Waals surface area contributed by atoms with Gasteiger partial charge >= 0.3 is 0 Å². The van der Waals surface area contributed by atoms with Crippen molar-refractivity contribution in [1.82, 2.24) is 10.3 Å². The summed E-state index contributed by atoms with van der Waals surface area (Å²) in [6.07, 6.45) is 6.78. The minimum atomic E-state index is -0.118. The van der Waals surface area contributed by atoms with Gasteiger partial charge in [0.2, 0.25) is 0 Å². The van der Waals surface area contributed by atoms with Gasteiger partial charge in [-0.1, -0.05) is 56.0 Å². The molecule has 0 bridgehead atoms. The summed E-state index contributed by atoms with van der Waals surface area (Å²) in [6, 6.07) is 17.9. The lowest BCUT2D eigenvalue weighted by Gasteiger charge is -2.16. The number of rotatable bonds is 6. The molecule has 186 valence electrons. The lowest BCUT2D eigenvalue weighted by atomic mass is 9.98. The molecular formula is C29H31N3O3S. The van der Waals surface area contributed by atoms with E-state index in [0.29, 0.717) is 22.1 Å². The molecule has 4 aromatic rings. The Kier molecular flexibility index (Phi) is 7.09. The number of hydrogen-bond donors (Lipinski definition) is 2. The summed E-state index contributed by atoms with van der Waals surface area (Å²) in [5, 5.41) is 4.00. The normalized spacial score (nSPS) is 14.4. The number of carbonyl (C=O) groups excluding carboxylic acids is 1. The zero-order valence-corrected chi connectivity index (χ0v) is 21.5. The summed E-state index contributed by atoms with van der Waals surface area (Å²) in [5.74, 6) is 1.28. The first-order valence-electron chi connectivity index (χ1n) is 12.4. The van der Waals surface area contributed by atoms with Gasteiger partial charge in [0, 0.05) is 28.1 Å². The highest BCUT2D eigenvalue weighted by molar-refractivity contribution is 7.21. The summed E-state index contributed by atoms with van der Waals surface area (Å²) in [5.41, 5.74) is 10.6. The Morgan fingerprint density at radius 2 is 1.72 bits per heavy atom. The van der Waals surface area contributed by atoms with Crippen molar-refractivity contribution in [2.24, 2.45) is 0 Å². The molecule has 1 amide bonds. The summed E-state index contributed by atoms with van der Waals surface area (Å²) in [7, 11) is 3.28. The highest BCUT2D eigenvalue weighted by Crippen LogP contribution is 2.44. The second-order valence-electron chi connectivity index (χ2n) is 9.17. The van der Waals surface area contributed by atoms with E-state index in [2.05, 4.69) is 5.32 Å². The number of nitrogens with zero attached hydrogens (tertiary/aromatic N) is 1. The van der Waals surface area contributed by atoms with Crippen molar-refractivity contribution in [3.05, 3.63) is 59.5 Å². The molecule has 0 spiro atoms. The van der Waals surface area contributed by atoms with Crippen LogP contribution in [0, 0.1) is 0 Å². The number of nitrogen functional groups attached to an aromatic ring is 1. The van der Waals surface area contributed by atoms with E-state index in [4.69, 9.17) is 20.2 Å². The molecule has 6 nitrogen and oxygen atoms in total. The fourth-order valence-corrected chi connectivity index (χ4v) is 5.98. The van der Waals surface area contributed by atoms with Gasteiger partial charge < -0.3 is 20.5 Å². The first-order chi connectivity index (χ1) is 17.6. The summed E-state index contributed by atoms with van der Waals surface area (Å²) >= 11 is 1.35. The quantitative estimate of drug-likeness (QED) is 0.288. The molecule has 2 heterocycles. The van der Waals surface area contributed by atoms with Crippen LogP contribution >= 0.6 is 11.3 Å². The molecule has 36 heavy (non-hydrogen) atoms. The van der Waals surface area contributed by atoms with E-state index in [-0.39, 0.29) is 11.9 Å². The number of benzene rings is 2. The number of fused-ring (bicyclic) bond motifs is 1. The van der Waals surface area contributed by atoms with Crippen LogP contribution in [0.15, 0.2) is 54.6 Å². The van der Waals surface area contributed by atoms with Gasteiger partial charge in [-0.25, -0.2) is 4.98 Å². The third-order valence-corrected chi connectivity index (χ3v) is 7.96. The number of ether oxygens (including phenoxy) is 2. The lowest BCUT2D eigenvalue weighted by molar-refractivity contribution is 0.0938. The number of aromatic nitrogens is 1. The SMILES string of the molecule is COc1ccc(OC)c(-c2cc(-c3ccccc3)nc3sc(C(=O)NC4CCCCCC4)c(N)c23)c1. The van der Waals surface area contributed by atoms with E-state index < -0.39 is 0 Å². The first-order valence-corrected chi connectivity index (χ1v) is 13.2. The Hall–Kier alpha value is -3.58. The maximum atomic E-state index is 13.4. The van der Waals surface area contributed by atoms with Crippen molar-refractivity contribution in [3.63, 3.8) is 0 Å². The average molecular weight is 502 g/mol. The maximum absolute atomic E-state index is 13.4. The number of carbonyl (C=O) groups is 1. The number of thiophene rings is 1. The van der Waals surface area contributed by atoms with Crippen LogP contribution in [0.3, 0.4) is 0 Å². The first kappa shape index (κ1) is 24.1. The molecule has 3 N–H and O–H groups in total. The number of nitrogens with two attached hydrogens (primary N) is 1. The Morgan fingerprint density at radius 3 is 2.42 bits per heavy atom. The number of pyridine rings is 1. The monoisotopic (exact) mass is 501 g/mol. The molecule has 0 atom stereocenters. The van der Waals surface area contributed by atoms with Crippen LogP contribution < -0.4 is 20.5 Å². The van der Waals surface area contributed by atoms with E-state index in [1.807, 2.05) is 54.6 Å². The van der Waals surface area contributed by atoms with Gasteiger partial charge in [-0.3, -0.25) is 4.79 Å². The zero-order valence-electron chi connectivity index (χ0n) is 20.7. The summed E-state index contributed by atoms with van der Waals surface area (Å²) in [6.45, 7) is 0. The molecule has 0 aliphatic heterocycles. The van der Waals surface area contributed by atoms with E-state index in [9.17, 15) is 4.79 Å². The van der Waals surface area contributed by atoms with E-state index in [1.165, 1.54) is 24.2 Å². The average Bonchev–Trinajstić information content (AvgIpc) is 3.06. The minimum Gasteiger partial charge on any atom is -0.497 e. The van der Waals surface area contributed by atoms with Crippen LogP contribution in [-0.4, -0.2) is 31.2 Å². The predicted octanol–water partition coefficient (Wildman–Crippen LogP) is 6.68. The van der Waals surface area contributed by atoms with Crippen LogP contribution in [0.4, 0.5) is 5.69 Å². The number of amides is 1. The number of methoxy groups -OCH3 is 2. The van der Waals surface area contributed by atoms with E-state index in [1.54, 1.807) is 14.2 Å². The van der Waals surface area contributed by atoms with Crippen molar-refractivity contribution >= 4 is 33.1 Å². The molecule has 0 radical (unpaired) electrons. The Bertz CT molecular complexity index is 1380. The van der Waals surface area contributed by atoms with Gasteiger partial charge in [-0.15, -0.1) is 11.3 Å². The molecule has 0 unspecified atom stereocenters. The molecular weight excluding hydrogens is 470 g/mol. The number of hydrogen-bond acceptors (Lipinski definition) is 6. The second-order valence-corrected chi connectivity index (χ2v) is 10.2. The molecule has 2 aromatic heterocycles. The van der Waals surface area contributed by atoms with E-state index in [0.717, 1.165) is 58.3 Å². The standard InChI is InChI=1S/C29H31N3O3S/c1-34-20-14-15-24(35-2)21(16-20)22-17-23(18-10-6-5-7-11-18)32-29-25(22)26(30)27(36-29)28(33)31-19-12-8-3-4-9-13-19/h5-7,10-11,14-17,19H,3-4,8-9,12-13,30H2,1-2H3,(H,31,33). The van der Waals surface area contributed by atoms with Crippen LogP contribution in [0.2, 0.25) is 0 Å². The fraction of sp³-hybridized carbons (Fsp3) is 0.310. The lowest BCUT2D eigenvalue weighted by Crippen LogP contribution is -2.34. The highest BCUT2D eigenvalue weighted by atomic mass is 32.1. The molecule has 1 aliphatic rings. The Morgan fingerprint density at radius 1 is 0.972 bits per heavy atom. The van der Waals surface area contributed by atoms with Crippen molar-refractivity contribution in [3.8, 4) is 33.9 Å². The Labute approximate surface area is 215 Å². The van der Waals surface area contributed by atoms with Crippen molar-refractivity contribution in [2.75, 3.05) is 20.0 Å². The smallest absolute Gasteiger partial charge is 0.263 e. The molecule has 7 heteroatoms. The molecule has 2 aromatic carbocycles. The van der Waals surface area contributed by atoms with Gasteiger partial charge in [0.1, 0.15) is 21.2 Å². The molecule has 1 fully saturated rings. The van der Waals surface area contributed by atoms with Gasteiger partial charge in [0.25, 0.3) is 5.91 Å². The highest BCUT2D eigenvalue weighted by Gasteiger charge is 2.25. The molecule has 1 aliphatic carbocycles. The Balaban J connectivity index is 1.67. The third kappa shape index (κ3) is 4.75.